The highest BCUT2D eigenvalue weighted by molar-refractivity contribution is 5.95. The Hall–Kier alpha value is -1.39. The molecule has 0 unspecified atom stereocenters. The van der Waals surface area contributed by atoms with Crippen molar-refractivity contribution in [2.75, 3.05) is 25.0 Å². The molecule has 4 heteroatoms. The predicted octanol–water partition coefficient (Wildman–Crippen LogP) is 2.13. The first-order valence-corrected chi connectivity index (χ1v) is 7.71. The zero-order valence-corrected chi connectivity index (χ0v) is 13.2. The molecular formula is C17H26N2O2. The Bertz CT molecular complexity index is 455. The number of rotatable bonds is 6. The van der Waals surface area contributed by atoms with Crippen molar-refractivity contribution < 1.29 is 9.90 Å². The zero-order chi connectivity index (χ0) is 15.4. The lowest BCUT2D eigenvalue weighted by molar-refractivity contribution is -0.120. The fourth-order valence-corrected chi connectivity index (χ4v) is 2.98. The SMILES string of the molecule is CC(C)N(C(=O)CN(C)CC1CC(O)C1)c1ccccc1. The maximum absolute atomic E-state index is 12.6. The molecule has 1 amide bonds. The molecule has 1 N–H and O–H groups in total. The van der Waals surface area contributed by atoms with Gasteiger partial charge in [-0.25, -0.2) is 0 Å². The summed E-state index contributed by atoms with van der Waals surface area (Å²) >= 11 is 0. The number of likely N-dealkylation sites (N-methyl/N-ethyl adjacent to an activating group) is 1. The molecule has 1 fully saturated rings. The van der Waals surface area contributed by atoms with Gasteiger partial charge in [-0.3, -0.25) is 9.69 Å². The Morgan fingerprint density at radius 1 is 1.29 bits per heavy atom. The first-order valence-electron chi connectivity index (χ1n) is 7.71. The van der Waals surface area contributed by atoms with Gasteiger partial charge in [-0.15, -0.1) is 0 Å². The van der Waals surface area contributed by atoms with E-state index in [0.717, 1.165) is 25.1 Å². The van der Waals surface area contributed by atoms with Crippen molar-refractivity contribution in [2.45, 2.75) is 38.8 Å². The maximum Gasteiger partial charge on any atom is 0.241 e. The Kier molecular flexibility index (Phi) is 5.37. The van der Waals surface area contributed by atoms with Crippen molar-refractivity contribution in [3.8, 4) is 0 Å². The van der Waals surface area contributed by atoms with Crippen LogP contribution in [0.25, 0.3) is 0 Å². The molecule has 0 bridgehead atoms. The molecule has 1 aromatic rings. The highest BCUT2D eigenvalue weighted by Crippen LogP contribution is 2.27. The minimum absolute atomic E-state index is 0.124. The van der Waals surface area contributed by atoms with Crippen molar-refractivity contribution >= 4 is 11.6 Å². The molecule has 1 aliphatic rings. The molecule has 4 nitrogen and oxygen atoms in total. The van der Waals surface area contributed by atoms with Crippen molar-refractivity contribution in [2.24, 2.45) is 5.92 Å². The van der Waals surface area contributed by atoms with Crippen LogP contribution < -0.4 is 4.90 Å². The average Bonchev–Trinajstić information content (AvgIpc) is 2.37. The van der Waals surface area contributed by atoms with Gasteiger partial charge in [-0.1, -0.05) is 18.2 Å². The summed E-state index contributed by atoms with van der Waals surface area (Å²) in [5.74, 6) is 0.653. The van der Waals surface area contributed by atoms with Crippen LogP contribution in [-0.2, 0) is 4.79 Å². The topological polar surface area (TPSA) is 43.8 Å². The van der Waals surface area contributed by atoms with Gasteiger partial charge in [-0.05, 0) is 51.8 Å². The summed E-state index contributed by atoms with van der Waals surface area (Å²) in [6.45, 7) is 5.36. The molecule has 0 spiro atoms. The van der Waals surface area contributed by atoms with Gasteiger partial charge in [0.2, 0.25) is 5.91 Å². The predicted molar refractivity (Wildman–Crippen MR) is 85.3 cm³/mol. The molecule has 0 aromatic heterocycles. The van der Waals surface area contributed by atoms with E-state index in [0.29, 0.717) is 12.5 Å². The summed E-state index contributed by atoms with van der Waals surface area (Å²) in [6, 6.07) is 9.95. The number of aliphatic hydroxyl groups is 1. The monoisotopic (exact) mass is 290 g/mol. The second-order valence-electron chi connectivity index (χ2n) is 6.38. The summed E-state index contributed by atoms with van der Waals surface area (Å²) in [6.07, 6.45) is 1.60. The van der Waals surface area contributed by atoms with E-state index in [2.05, 4.69) is 4.90 Å². The van der Waals surface area contributed by atoms with Gasteiger partial charge < -0.3 is 10.0 Å². The lowest BCUT2D eigenvalue weighted by atomic mass is 9.82. The van der Waals surface area contributed by atoms with Crippen LogP contribution in [0.4, 0.5) is 5.69 Å². The molecule has 21 heavy (non-hydrogen) atoms. The van der Waals surface area contributed by atoms with E-state index < -0.39 is 0 Å². The third kappa shape index (κ3) is 4.29. The first-order chi connectivity index (χ1) is 9.97. The Balaban J connectivity index is 1.93. The van der Waals surface area contributed by atoms with E-state index in [1.165, 1.54) is 0 Å². The number of hydrogen-bond donors (Lipinski definition) is 1. The fraction of sp³-hybridized carbons (Fsp3) is 0.588. The molecule has 2 rings (SSSR count). The second kappa shape index (κ2) is 7.05. The standard InChI is InChI=1S/C17H26N2O2/c1-13(2)19(15-7-5-4-6-8-15)17(21)12-18(3)11-14-9-16(20)10-14/h4-8,13-14,16,20H,9-12H2,1-3H3. The molecule has 1 saturated carbocycles. The van der Waals surface area contributed by atoms with Crippen molar-refractivity contribution in [1.82, 2.24) is 4.90 Å². The highest BCUT2D eigenvalue weighted by atomic mass is 16.3. The van der Waals surface area contributed by atoms with Crippen molar-refractivity contribution in [1.29, 1.82) is 0 Å². The van der Waals surface area contributed by atoms with Crippen LogP contribution in [0.15, 0.2) is 30.3 Å². The Labute approximate surface area is 127 Å². The van der Waals surface area contributed by atoms with Gasteiger partial charge in [0.1, 0.15) is 0 Å². The molecule has 0 aliphatic heterocycles. The Morgan fingerprint density at radius 3 is 2.43 bits per heavy atom. The molecular weight excluding hydrogens is 264 g/mol. The number of nitrogens with zero attached hydrogens (tertiary/aromatic N) is 2. The van der Waals surface area contributed by atoms with Crippen LogP contribution in [0.5, 0.6) is 0 Å². The highest BCUT2D eigenvalue weighted by Gasteiger charge is 2.29. The number of para-hydroxylation sites is 1. The largest absolute Gasteiger partial charge is 0.393 e. The van der Waals surface area contributed by atoms with Gasteiger partial charge in [-0.2, -0.15) is 0 Å². The number of carbonyl (C=O) groups is 1. The number of carbonyl (C=O) groups excluding carboxylic acids is 1. The van der Waals surface area contributed by atoms with E-state index in [1.54, 1.807) is 0 Å². The number of aliphatic hydroxyl groups excluding tert-OH is 1. The van der Waals surface area contributed by atoms with Gasteiger partial charge in [0.05, 0.1) is 12.6 Å². The van der Waals surface area contributed by atoms with Crippen LogP contribution in [0.3, 0.4) is 0 Å². The smallest absolute Gasteiger partial charge is 0.241 e. The quantitative estimate of drug-likeness (QED) is 0.873. The maximum atomic E-state index is 12.6. The molecule has 1 aromatic carbocycles. The van der Waals surface area contributed by atoms with Gasteiger partial charge in [0.25, 0.3) is 0 Å². The number of anilines is 1. The lowest BCUT2D eigenvalue weighted by Crippen LogP contribution is -2.45. The van der Waals surface area contributed by atoms with Crippen LogP contribution >= 0.6 is 0 Å². The minimum Gasteiger partial charge on any atom is -0.393 e. The van der Waals surface area contributed by atoms with Crippen molar-refractivity contribution in [3.05, 3.63) is 30.3 Å². The van der Waals surface area contributed by atoms with Gasteiger partial charge in [0, 0.05) is 18.3 Å². The third-order valence-corrected chi connectivity index (χ3v) is 4.01. The summed E-state index contributed by atoms with van der Waals surface area (Å²) in [7, 11) is 1.98. The summed E-state index contributed by atoms with van der Waals surface area (Å²) in [5, 5.41) is 9.33. The van der Waals surface area contributed by atoms with E-state index in [9.17, 15) is 9.90 Å². The normalized spacial score (nSPS) is 21.4. The third-order valence-electron chi connectivity index (χ3n) is 4.01. The number of benzene rings is 1. The molecule has 1 aliphatic carbocycles. The zero-order valence-electron chi connectivity index (χ0n) is 13.2. The molecule has 116 valence electrons. The van der Waals surface area contributed by atoms with E-state index in [1.807, 2.05) is 56.1 Å². The number of amides is 1. The van der Waals surface area contributed by atoms with Crippen LogP contribution in [0.1, 0.15) is 26.7 Å². The molecule has 0 heterocycles. The lowest BCUT2D eigenvalue weighted by Gasteiger charge is -2.35. The van der Waals surface area contributed by atoms with Crippen LogP contribution in [0, 0.1) is 5.92 Å². The molecule has 0 atom stereocenters. The van der Waals surface area contributed by atoms with E-state index in [4.69, 9.17) is 0 Å². The Morgan fingerprint density at radius 2 is 1.90 bits per heavy atom. The van der Waals surface area contributed by atoms with Gasteiger partial charge >= 0.3 is 0 Å². The summed E-state index contributed by atoms with van der Waals surface area (Å²) < 4.78 is 0. The van der Waals surface area contributed by atoms with Gasteiger partial charge in [0.15, 0.2) is 0 Å². The number of hydrogen-bond acceptors (Lipinski definition) is 3. The van der Waals surface area contributed by atoms with E-state index in [-0.39, 0.29) is 18.1 Å². The fourth-order valence-electron chi connectivity index (χ4n) is 2.98. The second-order valence-corrected chi connectivity index (χ2v) is 6.38. The molecule has 0 radical (unpaired) electrons. The van der Waals surface area contributed by atoms with E-state index >= 15 is 0 Å². The minimum atomic E-state index is -0.129. The average molecular weight is 290 g/mol. The summed E-state index contributed by atoms with van der Waals surface area (Å²) in [5.41, 5.74) is 0.949. The van der Waals surface area contributed by atoms with Crippen LogP contribution in [0.2, 0.25) is 0 Å². The molecule has 0 saturated heterocycles. The first kappa shape index (κ1) is 16.0. The van der Waals surface area contributed by atoms with Crippen molar-refractivity contribution in [3.63, 3.8) is 0 Å². The van der Waals surface area contributed by atoms with Crippen LogP contribution in [-0.4, -0.2) is 48.2 Å². The summed E-state index contributed by atoms with van der Waals surface area (Å²) in [4.78, 5) is 16.5.